The number of carboxylic acid groups (broad SMARTS) is 1. The lowest BCUT2D eigenvalue weighted by atomic mass is 10.2. The minimum Gasteiger partial charge on any atom is -0.481 e. The molecule has 0 aliphatic carbocycles. The number of aromatic nitrogens is 4. The Bertz CT molecular complexity index is 854. The van der Waals surface area contributed by atoms with Gasteiger partial charge in [-0.1, -0.05) is 6.42 Å². The van der Waals surface area contributed by atoms with Crippen LogP contribution in [0.3, 0.4) is 0 Å². The van der Waals surface area contributed by atoms with E-state index in [1.807, 2.05) is 18.2 Å². The number of carboxylic acids is 1. The van der Waals surface area contributed by atoms with Crippen LogP contribution in [0.15, 0.2) is 43.0 Å². The van der Waals surface area contributed by atoms with Crippen molar-refractivity contribution in [3.63, 3.8) is 0 Å². The van der Waals surface area contributed by atoms with E-state index < -0.39 is 5.97 Å². The third-order valence-corrected chi connectivity index (χ3v) is 3.80. The lowest BCUT2D eigenvalue weighted by Gasteiger charge is -2.10. The molecular formula is C18H19N5O2. The Hall–Kier alpha value is -3.09. The number of rotatable bonds is 8. The molecule has 0 saturated heterocycles. The predicted octanol–water partition coefficient (Wildman–Crippen LogP) is 3.14. The molecule has 0 aliphatic heterocycles. The number of pyridine rings is 2. The molecule has 3 aromatic heterocycles. The van der Waals surface area contributed by atoms with Crippen molar-refractivity contribution in [1.29, 1.82) is 0 Å². The zero-order valence-corrected chi connectivity index (χ0v) is 13.7. The first-order chi connectivity index (χ1) is 12.2. The molecule has 128 valence electrons. The number of carbonyl (C=O) groups is 1. The van der Waals surface area contributed by atoms with Crippen molar-refractivity contribution in [2.24, 2.45) is 0 Å². The first-order valence-corrected chi connectivity index (χ1v) is 8.22. The van der Waals surface area contributed by atoms with Crippen LogP contribution < -0.4 is 5.32 Å². The minimum absolute atomic E-state index is 0.217. The Morgan fingerprint density at radius 1 is 1.00 bits per heavy atom. The summed E-state index contributed by atoms with van der Waals surface area (Å²) >= 11 is 0. The van der Waals surface area contributed by atoms with Gasteiger partial charge in [0.1, 0.15) is 5.82 Å². The largest absolute Gasteiger partial charge is 0.481 e. The van der Waals surface area contributed by atoms with E-state index >= 15 is 0 Å². The van der Waals surface area contributed by atoms with Crippen molar-refractivity contribution in [3.8, 4) is 11.4 Å². The summed E-state index contributed by atoms with van der Waals surface area (Å²) in [5.41, 5.74) is 1.67. The molecule has 0 bridgehead atoms. The molecule has 0 amide bonds. The Morgan fingerprint density at radius 3 is 2.60 bits per heavy atom. The van der Waals surface area contributed by atoms with E-state index in [0.717, 1.165) is 41.7 Å². The molecule has 7 nitrogen and oxygen atoms in total. The fourth-order valence-corrected chi connectivity index (χ4v) is 2.53. The summed E-state index contributed by atoms with van der Waals surface area (Å²) < 4.78 is 0. The molecule has 25 heavy (non-hydrogen) atoms. The predicted molar refractivity (Wildman–Crippen MR) is 95.2 cm³/mol. The average molecular weight is 337 g/mol. The van der Waals surface area contributed by atoms with Gasteiger partial charge in [0.05, 0.1) is 11.7 Å². The lowest BCUT2D eigenvalue weighted by molar-refractivity contribution is -0.137. The van der Waals surface area contributed by atoms with Crippen molar-refractivity contribution >= 4 is 22.7 Å². The van der Waals surface area contributed by atoms with Crippen LogP contribution in [0.1, 0.15) is 25.7 Å². The van der Waals surface area contributed by atoms with Crippen LogP contribution >= 0.6 is 0 Å². The molecule has 0 spiro atoms. The second-order valence-electron chi connectivity index (χ2n) is 5.66. The van der Waals surface area contributed by atoms with E-state index in [1.54, 1.807) is 24.8 Å². The second kappa shape index (κ2) is 8.14. The van der Waals surface area contributed by atoms with Crippen molar-refractivity contribution in [3.05, 3.63) is 43.0 Å². The second-order valence-corrected chi connectivity index (χ2v) is 5.66. The quantitative estimate of drug-likeness (QED) is 0.609. The molecule has 0 radical (unpaired) electrons. The van der Waals surface area contributed by atoms with Crippen LogP contribution in [-0.4, -0.2) is 37.6 Å². The molecule has 0 saturated carbocycles. The maximum absolute atomic E-state index is 10.5. The van der Waals surface area contributed by atoms with Gasteiger partial charge in [-0.05, 0) is 31.0 Å². The van der Waals surface area contributed by atoms with E-state index in [0.29, 0.717) is 12.2 Å². The smallest absolute Gasteiger partial charge is 0.303 e. The summed E-state index contributed by atoms with van der Waals surface area (Å²) in [5.74, 6) is 0.637. The number of hydrogen-bond acceptors (Lipinski definition) is 6. The van der Waals surface area contributed by atoms with Crippen molar-refractivity contribution < 1.29 is 9.90 Å². The summed E-state index contributed by atoms with van der Waals surface area (Å²) in [4.78, 5) is 27.9. The van der Waals surface area contributed by atoms with Gasteiger partial charge in [-0.3, -0.25) is 14.8 Å². The Kier molecular flexibility index (Phi) is 5.46. The molecule has 0 fully saturated rings. The number of fused-ring (bicyclic) bond motifs is 1. The monoisotopic (exact) mass is 337 g/mol. The number of aliphatic carboxylic acids is 1. The topological polar surface area (TPSA) is 101 Å². The fourth-order valence-electron chi connectivity index (χ4n) is 2.53. The standard InChI is InChI=1S/C18H19N5O2/c24-16(25)4-2-1-3-8-21-18-14-7-11-20-12-15(14)22-17(23-18)13-5-9-19-10-6-13/h5-7,9-12H,1-4,8H2,(H,24,25)(H,21,22,23). The van der Waals surface area contributed by atoms with Gasteiger partial charge in [0.2, 0.25) is 0 Å². The summed E-state index contributed by atoms with van der Waals surface area (Å²) in [7, 11) is 0. The Labute approximate surface area is 145 Å². The van der Waals surface area contributed by atoms with Gasteiger partial charge >= 0.3 is 5.97 Å². The van der Waals surface area contributed by atoms with E-state index in [-0.39, 0.29) is 6.42 Å². The average Bonchev–Trinajstić information content (AvgIpc) is 2.64. The molecule has 0 aromatic carbocycles. The van der Waals surface area contributed by atoms with Gasteiger partial charge in [0.15, 0.2) is 5.82 Å². The lowest BCUT2D eigenvalue weighted by Crippen LogP contribution is -2.06. The van der Waals surface area contributed by atoms with Crippen molar-refractivity contribution in [2.75, 3.05) is 11.9 Å². The highest BCUT2D eigenvalue weighted by Crippen LogP contribution is 2.24. The summed E-state index contributed by atoms with van der Waals surface area (Å²) in [5, 5.41) is 12.9. The maximum atomic E-state index is 10.5. The zero-order chi connectivity index (χ0) is 17.5. The number of nitrogens with one attached hydrogen (secondary N) is 1. The van der Waals surface area contributed by atoms with Gasteiger partial charge in [0.25, 0.3) is 0 Å². The minimum atomic E-state index is -0.746. The van der Waals surface area contributed by atoms with Crippen molar-refractivity contribution in [2.45, 2.75) is 25.7 Å². The molecule has 3 rings (SSSR count). The first-order valence-electron chi connectivity index (χ1n) is 8.22. The fraction of sp³-hybridized carbons (Fsp3) is 0.278. The normalized spacial score (nSPS) is 10.7. The van der Waals surface area contributed by atoms with Gasteiger partial charge < -0.3 is 10.4 Å². The van der Waals surface area contributed by atoms with Gasteiger partial charge in [-0.2, -0.15) is 0 Å². The first kappa shape index (κ1) is 16.8. The van der Waals surface area contributed by atoms with E-state index in [9.17, 15) is 4.79 Å². The van der Waals surface area contributed by atoms with E-state index in [4.69, 9.17) is 5.11 Å². The number of hydrogen-bond donors (Lipinski definition) is 2. The van der Waals surface area contributed by atoms with Crippen LogP contribution in [0, 0.1) is 0 Å². The third kappa shape index (κ3) is 4.47. The van der Waals surface area contributed by atoms with Crippen molar-refractivity contribution in [1.82, 2.24) is 19.9 Å². The van der Waals surface area contributed by atoms with Crippen LogP contribution in [0.2, 0.25) is 0 Å². The molecule has 0 unspecified atom stereocenters. The van der Waals surface area contributed by atoms with Crippen LogP contribution in [-0.2, 0) is 4.79 Å². The maximum Gasteiger partial charge on any atom is 0.303 e. The van der Waals surface area contributed by atoms with Crippen LogP contribution in [0.4, 0.5) is 5.82 Å². The highest BCUT2D eigenvalue weighted by Gasteiger charge is 2.09. The molecule has 0 atom stereocenters. The Balaban J connectivity index is 1.75. The Morgan fingerprint density at radius 2 is 1.80 bits per heavy atom. The summed E-state index contributed by atoms with van der Waals surface area (Å²) in [6, 6.07) is 5.62. The number of anilines is 1. The van der Waals surface area contributed by atoms with E-state index in [2.05, 4.69) is 25.3 Å². The molecule has 3 aromatic rings. The van der Waals surface area contributed by atoms with Gasteiger partial charge in [-0.15, -0.1) is 0 Å². The SMILES string of the molecule is O=C(O)CCCCCNc1nc(-c2ccncc2)nc2cnccc12. The molecule has 3 heterocycles. The molecule has 7 heteroatoms. The van der Waals surface area contributed by atoms with Crippen LogP contribution in [0.5, 0.6) is 0 Å². The highest BCUT2D eigenvalue weighted by molar-refractivity contribution is 5.89. The van der Waals surface area contributed by atoms with Gasteiger partial charge in [-0.25, -0.2) is 9.97 Å². The highest BCUT2D eigenvalue weighted by atomic mass is 16.4. The number of unbranched alkanes of at least 4 members (excludes halogenated alkanes) is 2. The van der Waals surface area contributed by atoms with Crippen LogP contribution in [0.25, 0.3) is 22.3 Å². The van der Waals surface area contributed by atoms with E-state index in [1.165, 1.54) is 0 Å². The third-order valence-electron chi connectivity index (χ3n) is 3.80. The molecular weight excluding hydrogens is 318 g/mol. The van der Waals surface area contributed by atoms with Gasteiger partial charge in [0, 0.05) is 42.5 Å². The summed E-state index contributed by atoms with van der Waals surface area (Å²) in [6.45, 7) is 0.726. The zero-order valence-electron chi connectivity index (χ0n) is 13.7. The number of nitrogens with zero attached hydrogens (tertiary/aromatic N) is 4. The molecule has 0 aliphatic rings. The summed E-state index contributed by atoms with van der Waals surface area (Å²) in [6.07, 6.45) is 9.51. The molecule has 2 N–H and O–H groups in total.